The van der Waals surface area contributed by atoms with Gasteiger partial charge in [0.1, 0.15) is 22.7 Å². The minimum Gasteiger partial charge on any atom is -0.365 e. The molecule has 1 aliphatic heterocycles. The topological polar surface area (TPSA) is 75.0 Å². The molecule has 1 aromatic carbocycles. The number of hydrogen-bond donors (Lipinski definition) is 2. The Morgan fingerprint density at radius 3 is 3.00 bits per heavy atom. The minimum absolute atomic E-state index is 0.136. The maximum Gasteiger partial charge on any atom is 0.253 e. The molecular weight excluding hydrogens is 259 g/mol. The van der Waals surface area contributed by atoms with Crippen LogP contribution in [0.1, 0.15) is 41.5 Å². The molecule has 1 unspecified atom stereocenters. The Kier molecular flexibility index (Phi) is 3.17. The van der Waals surface area contributed by atoms with Crippen LogP contribution in [0.5, 0.6) is 0 Å². The summed E-state index contributed by atoms with van der Waals surface area (Å²) in [4.78, 5) is 21.2. The summed E-state index contributed by atoms with van der Waals surface area (Å²) >= 11 is 0. The number of carbonyl (C=O) groups excluding carboxylic acids is 1. The lowest BCUT2D eigenvalue weighted by Gasteiger charge is -2.30. The number of benzene rings is 1. The molecule has 1 amide bonds. The minimum atomic E-state index is -0.789. The molecule has 3 rings (SSSR count). The van der Waals surface area contributed by atoms with Crippen molar-refractivity contribution in [3.05, 3.63) is 29.3 Å². The molecule has 0 radical (unpaired) electrons. The first-order valence-corrected chi connectivity index (χ1v) is 6.76. The number of amides is 1. The number of aromatic nitrogens is 2. The zero-order valence-corrected chi connectivity index (χ0v) is 11.3. The van der Waals surface area contributed by atoms with Crippen molar-refractivity contribution in [3.8, 4) is 0 Å². The number of nitrogens with zero attached hydrogens (tertiary/aromatic N) is 2. The van der Waals surface area contributed by atoms with Gasteiger partial charge in [-0.1, -0.05) is 6.42 Å². The van der Waals surface area contributed by atoms with Gasteiger partial charge in [-0.25, -0.2) is 9.37 Å². The van der Waals surface area contributed by atoms with Crippen LogP contribution in [-0.4, -0.2) is 34.4 Å². The number of aromatic amines is 1. The van der Waals surface area contributed by atoms with Crippen molar-refractivity contribution in [2.75, 3.05) is 13.6 Å². The van der Waals surface area contributed by atoms with E-state index in [-0.39, 0.29) is 11.6 Å². The summed E-state index contributed by atoms with van der Waals surface area (Å²) < 4.78 is 13.7. The van der Waals surface area contributed by atoms with E-state index < -0.39 is 11.7 Å². The van der Waals surface area contributed by atoms with Crippen LogP contribution in [0.2, 0.25) is 0 Å². The van der Waals surface area contributed by atoms with E-state index in [9.17, 15) is 9.18 Å². The molecule has 1 fully saturated rings. The molecule has 0 bridgehead atoms. The summed E-state index contributed by atoms with van der Waals surface area (Å²) in [5.74, 6) is -0.640. The molecule has 1 saturated heterocycles. The van der Waals surface area contributed by atoms with Gasteiger partial charge in [0.25, 0.3) is 5.91 Å². The van der Waals surface area contributed by atoms with Crippen molar-refractivity contribution in [1.29, 1.82) is 0 Å². The number of fused-ring (bicyclic) bond motifs is 1. The average molecular weight is 276 g/mol. The van der Waals surface area contributed by atoms with E-state index in [2.05, 4.69) is 14.9 Å². The first kappa shape index (κ1) is 13.1. The fourth-order valence-corrected chi connectivity index (χ4v) is 2.88. The van der Waals surface area contributed by atoms with Crippen LogP contribution in [0.3, 0.4) is 0 Å². The molecule has 1 atom stereocenters. The lowest BCUT2D eigenvalue weighted by molar-refractivity contribution is 0.0998. The van der Waals surface area contributed by atoms with Crippen molar-refractivity contribution < 1.29 is 9.18 Å². The molecule has 2 heterocycles. The van der Waals surface area contributed by atoms with Gasteiger partial charge in [0, 0.05) is 0 Å². The van der Waals surface area contributed by atoms with Gasteiger partial charge in [0.05, 0.1) is 11.6 Å². The van der Waals surface area contributed by atoms with Crippen LogP contribution in [-0.2, 0) is 0 Å². The highest BCUT2D eigenvalue weighted by Crippen LogP contribution is 2.30. The molecular formula is C14H17FN4O. The van der Waals surface area contributed by atoms with Crippen LogP contribution in [0.4, 0.5) is 4.39 Å². The Morgan fingerprint density at radius 1 is 1.50 bits per heavy atom. The Balaban J connectivity index is 2.10. The molecule has 2 aromatic rings. The summed E-state index contributed by atoms with van der Waals surface area (Å²) in [6.45, 7) is 1.01. The highest BCUT2D eigenvalue weighted by Gasteiger charge is 2.25. The molecule has 0 saturated carbocycles. The molecule has 5 nitrogen and oxygen atoms in total. The number of rotatable bonds is 2. The highest BCUT2D eigenvalue weighted by molar-refractivity contribution is 6.04. The molecule has 0 aliphatic carbocycles. The molecule has 6 heteroatoms. The number of carbonyl (C=O) groups is 1. The van der Waals surface area contributed by atoms with Crippen molar-refractivity contribution in [1.82, 2.24) is 14.9 Å². The van der Waals surface area contributed by atoms with Crippen molar-refractivity contribution in [2.45, 2.75) is 25.3 Å². The average Bonchev–Trinajstić information content (AvgIpc) is 2.82. The van der Waals surface area contributed by atoms with Gasteiger partial charge in [-0.2, -0.15) is 0 Å². The Morgan fingerprint density at radius 2 is 2.30 bits per heavy atom. The van der Waals surface area contributed by atoms with E-state index in [1.807, 2.05) is 7.05 Å². The summed E-state index contributed by atoms with van der Waals surface area (Å²) in [6, 6.07) is 3.02. The maximum absolute atomic E-state index is 13.7. The third-order valence-corrected chi connectivity index (χ3v) is 3.95. The monoisotopic (exact) mass is 276 g/mol. The van der Waals surface area contributed by atoms with Crippen LogP contribution >= 0.6 is 0 Å². The number of imidazole rings is 1. The van der Waals surface area contributed by atoms with Crippen molar-refractivity contribution in [3.63, 3.8) is 0 Å². The Bertz CT molecular complexity index is 666. The van der Waals surface area contributed by atoms with Gasteiger partial charge in [-0.3, -0.25) is 9.69 Å². The van der Waals surface area contributed by atoms with E-state index >= 15 is 0 Å². The first-order chi connectivity index (χ1) is 9.58. The smallest absolute Gasteiger partial charge is 0.253 e. The van der Waals surface area contributed by atoms with Gasteiger partial charge in [0.15, 0.2) is 0 Å². The molecule has 1 aliphatic rings. The number of primary amides is 1. The zero-order chi connectivity index (χ0) is 14.3. The van der Waals surface area contributed by atoms with Gasteiger partial charge < -0.3 is 10.7 Å². The summed E-state index contributed by atoms with van der Waals surface area (Å²) in [5, 5.41) is 0. The van der Waals surface area contributed by atoms with Crippen LogP contribution in [0.15, 0.2) is 12.1 Å². The number of nitrogens with one attached hydrogen (secondary N) is 1. The van der Waals surface area contributed by atoms with Crippen molar-refractivity contribution in [2.24, 2.45) is 5.73 Å². The quantitative estimate of drug-likeness (QED) is 0.880. The number of H-pyrrole nitrogens is 1. The predicted molar refractivity (Wildman–Crippen MR) is 73.8 cm³/mol. The zero-order valence-electron chi connectivity index (χ0n) is 11.3. The summed E-state index contributed by atoms with van der Waals surface area (Å²) in [5.41, 5.74) is 6.09. The largest absolute Gasteiger partial charge is 0.365 e. The SMILES string of the molecule is CN1CCCCC1c1nc2c(C(N)=O)c(F)ccc2[nH]1. The molecule has 0 spiro atoms. The lowest BCUT2D eigenvalue weighted by Crippen LogP contribution is -2.30. The van der Waals surface area contributed by atoms with E-state index in [0.29, 0.717) is 11.0 Å². The van der Waals surface area contributed by atoms with E-state index in [1.165, 1.54) is 12.5 Å². The normalized spacial score (nSPS) is 20.4. The molecule has 1 aromatic heterocycles. The molecule has 20 heavy (non-hydrogen) atoms. The summed E-state index contributed by atoms with van der Waals surface area (Å²) in [7, 11) is 2.05. The second kappa shape index (κ2) is 4.86. The van der Waals surface area contributed by atoms with Gasteiger partial charge >= 0.3 is 0 Å². The first-order valence-electron chi connectivity index (χ1n) is 6.76. The van der Waals surface area contributed by atoms with Gasteiger partial charge in [-0.15, -0.1) is 0 Å². The Hall–Kier alpha value is -1.95. The van der Waals surface area contributed by atoms with Crippen molar-refractivity contribution >= 4 is 16.9 Å². The van der Waals surface area contributed by atoms with Crippen LogP contribution in [0, 0.1) is 5.82 Å². The molecule has 3 N–H and O–H groups in total. The standard InChI is InChI=1S/C14H17FN4O/c1-19-7-3-2-4-10(19)14-17-9-6-5-8(15)11(13(16)20)12(9)18-14/h5-6,10H,2-4,7H2,1H3,(H2,16,20)(H,17,18). The number of hydrogen-bond acceptors (Lipinski definition) is 3. The lowest BCUT2D eigenvalue weighted by atomic mass is 10.0. The van der Waals surface area contributed by atoms with Gasteiger partial charge in [0.2, 0.25) is 0 Å². The van der Waals surface area contributed by atoms with E-state index in [0.717, 1.165) is 25.2 Å². The predicted octanol–water partition coefficient (Wildman–Crippen LogP) is 1.96. The maximum atomic E-state index is 13.7. The molecule has 106 valence electrons. The number of piperidine rings is 1. The van der Waals surface area contributed by atoms with Crippen LogP contribution < -0.4 is 5.73 Å². The van der Waals surface area contributed by atoms with Crippen LogP contribution in [0.25, 0.3) is 11.0 Å². The fraction of sp³-hybridized carbons (Fsp3) is 0.429. The Labute approximate surface area is 116 Å². The second-order valence-electron chi connectivity index (χ2n) is 5.30. The number of likely N-dealkylation sites (tertiary alicyclic amines) is 1. The number of halogens is 1. The second-order valence-corrected chi connectivity index (χ2v) is 5.30. The fourth-order valence-electron chi connectivity index (χ4n) is 2.88. The van der Waals surface area contributed by atoms with Gasteiger partial charge in [-0.05, 0) is 38.6 Å². The highest BCUT2D eigenvalue weighted by atomic mass is 19.1. The summed E-state index contributed by atoms with van der Waals surface area (Å²) in [6.07, 6.45) is 3.32. The number of nitrogens with two attached hydrogens (primary N) is 1. The van der Waals surface area contributed by atoms with E-state index in [1.54, 1.807) is 6.07 Å². The third kappa shape index (κ3) is 2.06. The third-order valence-electron chi connectivity index (χ3n) is 3.95. The van der Waals surface area contributed by atoms with E-state index in [4.69, 9.17) is 5.73 Å².